The summed E-state index contributed by atoms with van der Waals surface area (Å²) in [5, 5.41) is 18.2. The number of rotatable bonds is 6. The molecule has 122 valence electrons. The summed E-state index contributed by atoms with van der Waals surface area (Å²) in [5.74, 6) is -1.07. The second-order valence-corrected chi connectivity index (χ2v) is 4.62. The number of hydrogen-bond acceptors (Lipinski definition) is 5. The van der Waals surface area contributed by atoms with Crippen LogP contribution in [0.5, 0.6) is 5.75 Å². The standard InChI is InChI=1S/C17H14N2O5/c1-23-13-6-4-12(5-7-13)19(16(20)8-9-17(21)22)14(11-18)15-3-2-10-24-15/h2-10,14H,1H3,(H,21,22)/b9-8+. The normalized spacial score (nSPS) is 11.7. The van der Waals surface area contributed by atoms with Crippen LogP contribution in [0.4, 0.5) is 5.69 Å². The number of carboxylic acids is 1. The van der Waals surface area contributed by atoms with Crippen molar-refractivity contribution in [2.75, 3.05) is 12.0 Å². The topological polar surface area (TPSA) is 104 Å². The van der Waals surface area contributed by atoms with Gasteiger partial charge in [-0.15, -0.1) is 0 Å². The van der Waals surface area contributed by atoms with E-state index in [1.807, 2.05) is 6.07 Å². The highest BCUT2D eigenvalue weighted by molar-refractivity contribution is 6.04. The molecule has 0 saturated heterocycles. The van der Waals surface area contributed by atoms with Gasteiger partial charge in [0.1, 0.15) is 11.5 Å². The Labute approximate surface area is 138 Å². The molecule has 2 rings (SSSR count). The van der Waals surface area contributed by atoms with Crippen molar-refractivity contribution in [3.05, 3.63) is 60.6 Å². The molecule has 24 heavy (non-hydrogen) atoms. The number of carboxylic acid groups (broad SMARTS) is 1. The number of carbonyl (C=O) groups is 2. The number of furan rings is 1. The van der Waals surface area contributed by atoms with Crippen LogP contribution in [-0.4, -0.2) is 24.1 Å². The summed E-state index contributed by atoms with van der Waals surface area (Å²) in [6.45, 7) is 0. The summed E-state index contributed by atoms with van der Waals surface area (Å²) in [5.41, 5.74) is 0.402. The molecule has 1 amide bonds. The second-order valence-electron chi connectivity index (χ2n) is 4.62. The minimum Gasteiger partial charge on any atom is -0.497 e. The molecule has 0 aliphatic rings. The van der Waals surface area contributed by atoms with Crippen LogP contribution in [0.15, 0.2) is 59.2 Å². The van der Waals surface area contributed by atoms with E-state index in [-0.39, 0.29) is 5.76 Å². The van der Waals surface area contributed by atoms with Crippen LogP contribution in [-0.2, 0) is 9.59 Å². The highest BCUT2D eigenvalue weighted by atomic mass is 16.5. The maximum Gasteiger partial charge on any atom is 0.328 e. The predicted molar refractivity (Wildman–Crippen MR) is 84.3 cm³/mol. The van der Waals surface area contributed by atoms with Crippen molar-refractivity contribution in [3.63, 3.8) is 0 Å². The fourth-order valence-electron chi connectivity index (χ4n) is 2.06. The largest absolute Gasteiger partial charge is 0.497 e. The lowest BCUT2D eigenvalue weighted by Crippen LogP contribution is -2.33. The van der Waals surface area contributed by atoms with Crippen molar-refractivity contribution in [1.82, 2.24) is 0 Å². The fraction of sp³-hybridized carbons (Fsp3) is 0.118. The molecule has 7 nitrogen and oxygen atoms in total. The van der Waals surface area contributed by atoms with Gasteiger partial charge in [-0.05, 0) is 36.4 Å². The quantitative estimate of drug-likeness (QED) is 0.818. The zero-order valence-electron chi connectivity index (χ0n) is 12.7. The maximum absolute atomic E-state index is 12.4. The molecule has 0 aliphatic heterocycles. The number of anilines is 1. The smallest absolute Gasteiger partial charge is 0.328 e. The first-order valence-electron chi connectivity index (χ1n) is 6.88. The molecule has 1 aromatic carbocycles. The highest BCUT2D eigenvalue weighted by Crippen LogP contribution is 2.29. The third kappa shape index (κ3) is 3.81. The van der Waals surface area contributed by atoms with Gasteiger partial charge >= 0.3 is 5.97 Å². The number of methoxy groups -OCH3 is 1. The summed E-state index contributed by atoms with van der Waals surface area (Å²) in [7, 11) is 1.51. The van der Waals surface area contributed by atoms with Gasteiger partial charge in [-0.25, -0.2) is 4.79 Å². The van der Waals surface area contributed by atoms with Gasteiger partial charge in [0, 0.05) is 17.8 Å². The molecule has 0 saturated carbocycles. The van der Waals surface area contributed by atoms with E-state index in [1.54, 1.807) is 36.4 Å². The van der Waals surface area contributed by atoms with Crippen LogP contribution < -0.4 is 9.64 Å². The Balaban J connectivity index is 2.45. The van der Waals surface area contributed by atoms with Gasteiger partial charge < -0.3 is 14.3 Å². The SMILES string of the molecule is COc1ccc(N(C(=O)/C=C/C(=O)O)C(C#N)c2ccco2)cc1. The van der Waals surface area contributed by atoms with E-state index >= 15 is 0 Å². The Morgan fingerprint density at radius 1 is 1.29 bits per heavy atom. The van der Waals surface area contributed by atoms with Gasteiger partial charge in [-0.3, -0.25) is 9.69 Å². The van der Waals surface area contributed by atoms with Crippen LogP contribution in [0.1, 0.15) is 11.8 Å². The zero-order valence-corrected chi connectivity index (χ0v) is 12.7. The van der Waals surface area contributed by atoms with Crippen molar-refractivity contribution >= 4 is 17.6 Å². The Kier molecular flexibility index (Phi) is 5.36. The molecule has 0 aliphatic carbocycles. The minimum absolute atomic E-state index is 0.269. The average molecular weight is 326 g/mol. The third-order valence-corrected chi connectivity index (χ3v) is 3.15. The maximum atomic E-state index is 12.4. The van der Waals surface area contributed by atoms with E-state index in [9.17, 15) is 14.9 Å². The molecule has 0 radical (unpaired) electrons. The van der Waals surface area contributed by atoms with Gasteiger partial charge in [0.2, 0.25) is 0 Å². The van der Waals surface area contributed by atoms with Gasteiger partial charge in [0.05, 0.1) is 19.4 Å². The van der Waals surface area contributed by atoms with E-state index in [1.165, 1.54) is 13.4 Å². The molecule has 1 unspecified atom stereocenters. The van der Waals surface area contributed by atoms with Gasteiger partial charge in [0.15, 0.2) is 6.04 Å². The number of nitriles is 1. The van der Waals surface area contributed by atoms with Crippen LogP contribution in [0.2, 0.25) is 0 Å². The first kappa shape index (κ1) is 16.8. The van der Waals surface area contributed by atoms with E-state index in [0.717, 1.165) is 17.1 Å². The van der Waals surface area contributed by atoms with E-state index in [0.29, 0.717) is 11.4 Å². The summed E-state index contributed by atoms with van der Waals surface area (Å²) in [4.78, 5) is 24.3. The molecule has 0 spiro atoms. The molecule has 1 atom stereocenters. The molecule has 0 bridgehead atoms. The van der Waals surface area contributed by atoms with Crippen molar-refractivity contribution in [3.8, 4) is 11.8 Å². The number of carbonyl (C=O) groups excluding carboxylic acids is 1. The van der Waals surface area contributed by atoms with Crippen LogP contribution >= 0.6 is 0 Å². The second kappa shape index (κ2) is 7.65. The monoisotopic (exact) mass is 326 g/mol. The van der Waals surface area contributed by atoms with Gasteiger partial charge in [-0.1, -0.05) is 0 Å². The molecule has 1 aromatic heterocycles. The fourth-order valence-corrected chi connectivity index (χ4v) is 2.06. The highest BCUT2D eigenvalue weighted by Gasteiger charge is 2.27. The lowest BCUT2D eigenvalue weighted by molar-refractivity contribution is -0.131. The van der Waals surface area contributed by atoms with Crippen LogP contribution in [0.25, 0.3) is 0 Å². The van der Waals surface area contributed by atoms with E-state index in [4.69, 9.17) is 14.3 Å². The summed E-state index contributed by atoms with van der Waals surface area (Å²) >= 11 is 0. The lowest BCUT2D eigenvalue weighted by Gasteiger charge is -2.25. The summed E-state index contributed by atoms with van der Waals surface area (Å²) in [6, 6.07) is 10.6. The Bertz CT molecular complexity index is 772. The molecule has 1 N–H and O–H groups in total. The van der Waals surface area contributed by atoms with Crippen LogP contribution in [0.3, 0.4) is 0 Å². The Morgan fingerprint density at radius 3 is 2.50 bits per heavy atom. The van der Waals surface area contributed by atoms with Crippen molar-refractivity contribution in [2.45, 2.75) is 6.04 Å². The Morgan fingerprint density at radius 2 is 2.00 bits per heavy atom. The van der Waals surface area contributed by atoms with Gasteiger partial charge in [-0.2, -0.15) is 5.26 Å². The molecular formula is C17H14N2O5. The average Bonchev–Trinajstić information content (AvgIpc) is 3.11. The number of benzene rings is 1. The molecule has 0 fully saturated rings. The molecule has 7 heteroatoms. The Hall–Kier alpha value is -3.53. The number of ether oxygens (including phenoxy) is 1. The van der Waals surface area contributed by atoms with Crippen molar-refractivity contribution < 1.29 is 23.8 Å². The first-order valence-corrected chi connectivity index (χ1v) is 6.88. The number of hydrogen-bond donors (Lipinski definition) is 1. The summed E-state index contributed by atoms with van der Waals surface area (Å²) in [6.07, 6.45) is 3.00. The minimum atomic E-state index is -1.26. The number of amides is 1. The third-order valence-electron chi connectivity index (χ3n) is 3.15. The van der Waals surface area contributed by atoms with Gasteiger partial charge in [0.25, 0.3) is 5.91 Å². The van der Waals surface area contributed by atoms with Crippen molar-refractivity contribution in [2.24, 2.45) is 0 Å². The molecule has 2 aromatic rings. The molecular weight excluding hydrogens is 312 g/mol. The predicted octanol–water partition coefficient (Wildman–Crippen LogP) is 2.53. The van der Waals surface area contributed by atoms with E-state index in [2.05, 4.69) is 0 Å². The number of nitrogens with zero attached hydrogens (tertiary/aromatic N) is 2. The number of aliphatic carboxylic acids is 1. The zero-order chi connectivity index (χ0) is 17.5. The first-order chi connectivity index (χ1) is 11.6. The van der Waals surface area contributed by atoms with Crippen LogP contribution in [0, 0.1) is 11.3 Å². The summed E-state index contributed by atoms with van der Waals surface area (Å²) < 4.78 is 10.3. The van der Waals surface area contributed by atoms with E-state index < -0.39 is 17.9 Å². The lowest BCUT2D eigenvalue weighted by atomic mass is 10.1. The molecule has 1 heterocycles. The van der Waals surface area contributed by atoms with Crippen molar-refractivity contribution in [1.29, 1.82) is 5.26 Å².